The van der Waals surface area contributed by atoms with E-state index in [4.69, 9.17) is 21.1 Å². The van der Waals surface area contributed by atoms with Crippen molar-refractivity contribution in [2.24, 2.45) is 4.99 Å². The van der Waals surface area contributed by atoms with Gasteiger partial charge in [0, 0.05) is 12.1 Å². The fraction of sp³-hybridized carbons (Fsp3) is 0.0588. The molecule has 0 saturated heterocycles. The van der Waals surface area contributed by atoms with E-state index in [2.05, 4.69) is 4.99 Å². The van der Waals surface area contributed by atoms with Gasteiger partial charge in [-0.25, -0.2) is 9.79 Å². The Bertz CT molecular complexity index is 919. The summed E-state index contributed by atoms with van der Waals surface area (Å²) >= 11 is 6.03. The lowest BCUT2D eigenvalue weighted by Gasteiger charge is -2.02. The van der Waals surface area contributed by atoms with Gasteiger partial charge in [-0.2, -0.15) is 0 Å². The Balaban J connectivity index is 1.91. The minimum Gasteiger partial charge on any atom is -0.497 e. The Morgan fingerprint density at radius 1 is 1.24 bits per heavy atom. The number of hydrogen-bond acceptors (Lipinski definition) is 6. The van der Waals surface area contributed by atoms with E-state index in [-0.39, 0.29) is 22.3 Å². The number of aliphatic imine (C=N–C) groups is 1. The van der Waals surface area contributed by atoms with Crippen LogP contribution in [-0.2, 0) is 9.53 Å². The first-order valence-electron chi connectivity index (χ1n) is 7.09. The Morgan fingerprint density at radius 2 is 1.96 bits per heavy atom. The minimum atomic E-state index is -0.625. The van der Waals surface area contributed by atoms with Crippen molar-refractivity contribution in [2.45, 2.75) is 0 Å². The van der Waals surface area contributed by atoms with E-state index in [9.17, 15) is 14.9 Å². The highest BCUT2D eigenvalue weighted by Crippen LogP contribution is 2.27. The number of nitro benzene ring substituents is 1. The normalized spacial score (nSPS) is 15.0. The highest BCUT2D eigenvalue weighted by molar-refractivity contribution is 6.34. The average molecular weight is 359 g/mol. The number of esters is 1. The van der Waals surface area contributed by atoms with E-state index in [1.54, 1.807) is 37.5 Å². The van der Waals surface area contributed by atoms with Gasteiger partial charge < -0.3 is 9.47 Å². The van der Waals surface area contributed by atoms with E-state index < -0.39 is 10.9 Å². The van der Waals surface area contributed by atoms with Crippen molar-refractivity contribution < 1.29 is 19.2 Å². The monoisotopic (exact) mass is 358 g/mol. The van der Waals surface area contributed by atoms with Gasteiger partial charge in [0.05, 0.1) is 22.6 Å². The van der Waals surface area contributed by atoms with E-state index in [1.165, 1.54) is 18.2 Å². The van der Waals surface area contributed by atoms with Crippen molar-refractivity contribution in [3.05, 3.63) is 74.4 Å². The van der Waals surface area contributed by atoms with Crippen molar-refractivity contribution in [3.63, 3.8) is 0 Å². The second kappa shape index (κ2) is 6.74. The van der Waals surface area contributed by atoms with Crippen LogP contribution >= 0.6 is 11.6 Å². The van der Waals surface area contributed by atoms with E-state index in [0.717, 1.165) is 5.56 Å². The largest absolute Gasteiger partial charge is 0.497 e. The summed E-state index contributed by atoms with van der Waals surface area (Å²) in [4.78, 5) is 26.3. The van der Waals surface area contributed by atoms with Crippen molar-refractivity contribution >= 4 is 35.2 Å². The zero-order valence-electron chi connectivity index (χ0n) is 12.9. The van der Waals surface area contributed by atoms with E-state index in [0.29, 0.717) is 11.3 Å². The molecule has 0 amide bonds. The van der Waals surface area contributed by atoms with Gasteiger partial charge in [0.2, 0.25) is 5.90 Å². The maximum Gasteiger partial charge on any atom is 0.363 e. The van der Waals surface area contributed by atoms with Crippen LogP contribution in [0.25, 0.3) is 6.08 Å². The third kappa shape index (κ3) is 3.51. The quantitative estimate of drug-likeness (QED) is 0.360. The first-order chi connectivity index (χ1) is 12.0. The molecule has 2 aromatic carbocycles. The Labute approximate surface area is 147 Å². The van der Waals surface area contributed by atoms with Gasteiger partial charge in [-0.1, -0.05) is 23.7 Å². The number of ether oxygens (including phenoxy) is 2. The fourth-order valence-corrected chi connectivity index (χ4v) is 2.43. The molecule has 0 unspecified atom stereocenters. The molecule has 0 spiro atoms. The number of nitro groups is 1. The predicted molar refractivity (Wildman–Crippen MR) is 91.7 cm³/mol. The van der Waals surface area contributed by atoms with Gasteiger partial charge in [0.25, 0.3) is 5.69 Å². The molecule has 0 aliphatic carbocycles. The summed E-state index contributed by atoms with van der Waals surface area (Å²) in [6.07, 6.45) is 1.56. The highest BCUT2D eigenvalue weighted by atomic mass is 35.5. The Hall–Kier alpha value is -3.19. The lowest BCUT2D eigenvalue weighted by molar-refractivity contribution is -0.384. The molecule has 0 radical (unpaired) electrons. The number of carbonyl (C=O) groups excluding carboxylic acids is 1. The van der Waals surface area contributed by atoms with Crippen LogP contribution in [0.15, 0.2) is 53.2 Å². The molecule has 1 heterocycles. The summed E-state index contributed by atoms with van der Waals surface area (Å²) in [7, 11) is 1.56. The molecular formula is C17H11ClN2O5. The summed E-state index contributed by atoms with van der Waals surface area (Å²) in [6, 6.07) is 10.9. The van der Waals surface area contributed by atoms with Crippen molar-refractivity contribution in [1.82, 2.24) is 0 Å². The average Bonchev–Trinajstić information content (AvgIpc) is 2.95. The first kappa shape index (κ1) is 16.7. The molecule has 126 valence electrons. The molecule has 0 aromatic heterocycles. The molecule has 0 atom stereocenters. The van der Waals surface area contributed by atoms with Crippen LogP contribution in [0, 0.1) is 10.1 Å². The molecule has 0 bridgehead atoms. The number of rotatable bonds is 4. The van der Waals surface area contributed by atoms with Gasteiger partial charge in [0.1, 0.15) is 5.75 Å². The predicted octanol–water partition coefficient (Wildman–Crippen LogP) is 3.60. The van der Waals surface area contributed by atoms with E-state index in [1.807, 2.05) is 0 Å². The number of benzene rings is 2. The minimum absolute atomic E-state index is 0.00431. The van der Waals surface area contributed by atoms with Crippen LogP contribution in [0.3, 0.4) is 0 Å². The van der Waals surface area contributed by atoms with Crippen molar-refractivity contribution in [1.29, 1.82) is 0 Å². The highest BCUT2D eigenvalue weighted by Gasteiger charge is 2.26. The number of non-ortho nitro benzene ring substituents is 1. The number of methoxy groups -OCH3 is 1. The summed E-state index contributed by atoms with van der Waals surface area (Å²) in [6.45, 7) is 0. The van der Waals surface area contributed by atoms with Crippen LogP contribution in [0.5, 0.6) is 5.75 Å². The van der Waals surface area contributed by atoms with Gasteiger partial charge in [0.15, 0.2) is 5.70 Å². The Kier molecular flexibility index (Phi) is 4.49. The van der Waals surface area contributed by atoms with Crippen molar-refractivity contribution in [2.75, 3.05) is 7.11 Å². The smallest absolute Gasteiger partial charge is 0.363 e. The molecule has 2 aromatic rings. The standard InChI is InChI=1S/C17H11ClN2O5/c1-24-12-5-2-10(3-6-12)8-15-17(21)25-16(19-15)13-7-4-11(20(22)23)9-14(13)18/h2-9H,1H3/b15-8-. The fourth-order valence-electron chi connectivity index (χ4n) is 2.17. The van der Waals surface area contributed by atoms with Crippen LogP contribution in [-0.4, -0.2) is 23.9 Å². The van der Waals surface area contributed by atoms with Gasteiger partial charge in [-0.3, -0.25) is 10.1 Å². The Morgan fingerprint density at radius 3 is 2.56 bits per heavy atom. The molecule has 0 saturated carbocycles. The van der Waals surface area contributed by atoms with E-state index >= 15 is 0 Å². The lowest BCUT2D eigenvalue weighted by Crippen LogP contribution is -2.06. The zero-order valence-corrected chi connectivity index (χ0v) is 13.7. The molecule has 1 aliphatic heterocycles. The maximum atomic E-state index is 12.0. The summed E-state index contributed by atoms with van der Waals surface area (Å²) in [5.41, 5.74) is 0.994. The molecule has 0 fully saturated rings. The number of carbonyl (C=O) groups is 1. The maximum absolute atomic E-state index is 12.0. The third-order valence-electron chi connectivity index (χ3n) is 3.43. The molecule has 25 heavy (non-hydrogen) atoms. The van der Waals surface area contributed by atoms with Gasteiger partial charge >= 0.3 is 5.97 Å². The molecular weight excluding hydrogens is 348 g/mol. The molecule has 0 N–H and O–H groups in total. The number of nitrogens with zero attached hydrogens (tertiary/aromatic N) is 2. The number of hydrogen-bond donors (Lipinski definition) is 0. The topological polar surface area (TPSA) is 91.0 Å². The van der Waals surface area contributed by atoms with Gasteiger partial charge in [-0.15, -0.1) is 0 Å². The second-order valence-electron chi connectivity index (χ2n) is 5.03. The summed E-state index contributed by atoms with van der Waals surface area (Å²) < 4.78 is 10.2. The third-order valence-corrected chi connectivity index (χ3v) is 3.75. The summed E-state index contributed by atoms with van der Waals surface area (Å²) in [5.74, 6) is 0.0721. The molecule has 7 nitrogen and oxygen atoms in total. The second-order valence-corrected chi connectivity index (χ2v) is 5.44. The summed E-state index contributed by atoms with van der Waals surface area (Å²) in [5, 5.41) is 10.8. The molecule has 1 aliphatic rings. The number of cyclic esters (lactones) is 1. The first-order valence-corrected chi connectivity index (χ1v) is 7.46. The van der Waals surface area contributed by atoms with Crippen LogP contribution in [0.1, 0.15) is 11.1 Å². The van der Waals surface area contributed by atoms with Gasteiger partial charge in [-0.05, 0) is 29.8 Å². The van der Waals surface area contributed by atoms with Crippen LogP contribution in [0.2, 0.25) is 5.02 Å². The SMILES string of the molecule is COc1ccc(/C=C2\N=C(c3ccc([N+](=O)[O-])cc3Cl)OC2=O)cc1. The zero-order chi connectivity index (χ0) is 18.0. The van der Waals surface area contributed by atoms with Crippen LogP contribution in [0.4, 0.5) is 5.69 Å². The van der Waals surface area contributed by atoms with Crippen molar-refractivity contribution in [3.8, 4) is 5.75 Å². The van der Waals surface area contributed by atoms with Crippen LogP contribution < -0.4 is 4.74 Å². The molecule has 3 rings (SSSR count). The lowest BCUT2D eigenvalue weighted by atomic mass is 10.2. The number of halogens is 1. The molecule has 8 heteroatoms.